The number of aromatic amines is 1. The maximum Gasteiger partial charge on any atom is 0.410 e. The molecule has 1 amide bonds. The SMILES string of the molecule is O=C(O[C@@H]1CCC[C@H](Nc2cc(-c3c[nH]c4ncc(F)cc34)ccc2F)C1)N1CC[C@@H](F)C1. The van der Waals surface area contributed by atoms with E-state index in [0.29, 0.717) is 36.1 Å². The predicted octanol–water partition coefficient (Wildman–Crippen LogP) is 5.41. The van der Waals surface area contributed by atoms with Crippen molar-refractivity contribution < 1.29 is 22.7 Å². The van der Waals surface area contributed by atoms with Crippen molar-refractivity contribution in [3.8, 4) is 11.1 Å². The summed E-state index contributed by atoms with van der Waals surface area (Å²) in [7, 11) is 0. The molecule has 3 heterocycles. The van der Waals surface area contributed by atoms with Crippen molar-refractivity contribution in [2.75, 3.05) is 18.4 Å². The van der Waals surface area contributed by atoms with Crippen LogP contribution >= 0.6 is 0 Å². The molecule has 9 heteroatoms. The first-order chi connectivity index (χ1) is 16.0. The zero-order chi connectivity index (χ0) is 22.9. The van der Waals surface area contributed by atoms with Gasteiger partial charge in [0.25, 0.3) is 0 Å². The second-order valence-electron chi connectivity index (χ2n) is 8.79. The topological polar surface area (TPSA) is 70.2 Å². The Bertz CT molecular complexity index is 1170. The fourth-order valence-corrected chi connectivity index (χ4v) is 4.72. The Balaban J connectivity index is 1.29. The van der Waals surface area contributed by atoms with Crippen molar-refractivity contribution >= 4 is 22.8 Å². The average molecular weight is 458 g/mol. The molecule has 1 aliphatic carbocycles. The number of ether oxygens (including phenoxy) is 1. The molecule has 2 aliphatic rings. The van der Waals surface area contributed by atoms with E-state index in [-0.39, 0.29) is 18.7 Å². The van der Waals surface area contributed by atoms with Gasteiger partial charge in [-0.15, -0.1) is 0 Å². The highest BCUT2D eigenvalue weighted by atomic mass is 19.1. The van der Waals surface area contributed by atoms with Crippen LogP contribution in [0.5, 0.6) is 0 Å². The third kappa shape index (κ3) is 4.62. The number of carbonyl (C=O) groups is 1. The number of carbonyl (C=O) groups excluding carboxylic acids is 1. The number of H-pyrrole nitrogens is 1. The number of anilines is 1. The largest absolute Gasteiger partial charge is 0.446 e. The average Bonchev–Trinajstić information content (AvgIpc) is 3.42. The minimum atomic E-state index is -0.988. The highest BCUT2D eigenvalue weighted by Crippen LogP contribution is 2.32. The van der Waals surface area contributed by atoms with Crippen LogP contribution in [0, 0.1) is 11.6 Å². The molecule has 2 aromatic heterocycles. The summed E-state index contributed by atoms with van der Waals surface area (Å²) in [6, 6.07) is 6.05. The molecule has 0 unspecified atom stereocenters. The van der Waals surface area contributed by atoms with E-state index in [0.717, 1.165) is 36.6 Å². The van der Waals surface area contributed by atoms with E-state index in [1.54, 1.807) is 18.3 Å². The Labute approximate surface area is 189 Å². The van der Waals surface area contributed by atoms with E-state index < -0.39 is 23.9 Å². The molecule has 6 nitrogen and oxygen atoms in total. The van der Waals surface area contributed by atoms with E-state index in [1.165, 1.54) is 17.0 Å². The Morgan fingerprint density at radius 2 is 2.09 bits per heavy atom. The Morgan fingerprint density at radius 3 is 2.91 bits per heavy atom. The molecule has 3 atom stereocenters. The lowest BCUT2D eigenvalue weighted by Gasteiger charge is -2.31. The Hall–Kier alpha value is -3.23. The van der Waals surface area contributed by atoms with Gasteiger partial charge in [0.05, 0.1) is 18.4 Å². The molecular weight excluding hydrogens is 433 g/mol. The van der Waals surface area contributed by atoms with Gasteiger partial charge in [-0.2, -0.15) is 0 Å². The maximum absolute atomic E-state index is 14.6. The van der Waals surface area contributed by atoms with Crippen LogP contribution < -0.4 is 5.32 Å². The highest BCUT2D eigenvalue weighted by Gasteiger charge is 2.31. The van der Waals surface area contributed by atoms with Gasteiger partial charge in [0, 0.05) is 36.2 Å². The quantitative estimate of drug-likeness (QED) is 0.548. The first-order valence-electron chi connectivity index (χ1n) is 11.2. The summed E-state index contributed by atoms with van der Waals surface area (Å²) in [5.41, 5.74) is 2.35. The second kappa shape index (κ2) is 8.96. The third-order valence-corrected chi connectivity index (χ3v) is 6.42. The number of likely N-dealkylation sites (tertiary alicyclic amines) is 1. The Morgan fingerprint density at radius 1 is 1.21 bits per heavy atom. The fraction of sp³-hybridized carbons (Fsp3) is 0.417. The monoisotopic (exact) mass is 458 g/mol. The van der Waals surface area contributed by atoms with Gasteiger partial charge in [-0.25, -0.2) is 22.9 Å². The number of hydrogen-bond donors (Lipinski definition) is 2. The third-order valence-electron chi connectivity index (χ3n) is 6.42. The minimum Gasteiger partial charge on any atom is -0.446 e. The molecular formula is C24H25F3N4O2. The van der Waals surface area contributed by atoms with E-state index in [4.69, 9.17) is 4.74 Å². The summed E-state index contributed by atoms with van der Waals surface area (Å²) in [6.07, 6.45) is 4.38. The van der Waals surface area contributed by atoms with Gasteiger partial charge in [0.1, 0.15) is 29.6 Å². The molecule has 1 aliphatic heterocycles. The molecule has 2 fully saturated rings. The van der Waals surface area contributed by atoms with Gasteiger partial charge in [0.2, 0.25) is 0 Å². The molecule has 3 aromatic rings. The standard InChI is InChI=1S/C24H25F3N4O2/c25-15-6-7-31(13-15)24(32)33-18-3-1-2-17(10-18)30-22-8-14(4-5-21(22)27)20-12-29-23-19(20)9-16(26)11-28-23/h4-5,8-9,11-12,15,17-18,30H,1-3,6-7,10,13H2,(H,28,29)/t15-,17+,18-/m1/s1. The smallest absolute Gasteiger partial charge is 0.410 e. The van der Waals surface area contributed by atoms with Gasteiger partial charge in [0.15, 0.2) is 0 Å². The van der Waals surface area contributed by atoms with Crippen LogP contribution in [0.25, 0.3) is 22.2 Å². The summed E-state index contributed by atoms with van der Waals surface area (Å²) in [4.78, 5) is 20.8. The number of rotatable bonds is 4. The number of halogens is 3. The zero-order valence-corrected chi connectivity index (χ0v) is 18.0. The van der Waals surface area contributed by atoms with Gasteiger partial charge in [-0.05, 0) is 49.4 Å². The van der Waals surface area contributed by atoms with E-state index in [9.17, 15) is 18.0 Å². The van der Waals surface area contributed by atoms with Crippen molar-refractivity contribution in [2.45, 2.75) is 50.4 Å². The van der Waals surface area contributed by atoms with Crippen LogP contribution in [-0.4, -0.2) is 52.4 Å². The van der Waals surface area contributed by atoms with Gasteiger partial charge < -0.3 is 19.9 Å². The summed E-state index contributed by atoms with van der Waals surface area (Å²) < 4.78 is 47.3. The molecule has 1 aromatic carbocycles. The highest BCUT2D eigenvalue weighted by molar-refractivity contribution is 5.94. The molecule has 0 spiro atoms. The van der Waals surface area contributed by atoms with Crippen LogP contribution in [0.1, 0.15) is 32.1 Å². The van der Waals surface area contributed by atoms with E-state index in [1.807, 2.05) is 0 Å². The Kier molecular flexibility index (Phi) is 5.86. The molecule has 5 rings (SSSR count). The van der Waals surface area contributed by atoms with Crippen LogP contribution in [-0.2, 0) is 4.74 Å². The number of pyridine rings is 1. The molecule has 0 radical (unpaired) electrons. The van der Waals surface area contributed by atoms with Crippen LogP contribution in [0.15, 0.2) is 36.7 Å². The lowest BCUT2D eigenvalue weighted by Crippen LogP contribution is -2.37. The zero-order valence-electron chi connectivity index (χ0n) is 18.0. The molecule has 1 saturated carbocycles. The summed E-state index contributed by atoms with van der Waals surface area (Å²) in [5.74, 6) is -0.837. The lowest BCUT2D eigenvalue weighted by molar-refractivity contribution is 0.0472. The number of aromatic nitrogens is 2. The van der Waals surface area contributed by atoms with Crippen molar-refractivity contribution in [3.05, 3.63) is 48.3 Å². The second-order valence-corrected chi connectivity index (χ2v) is 8.79. The number of nitrogens with zero attached hydrogens (tertiary/aromatic N) is 2. The minimum absolute atomic E-state index is 0.0733. The van der Waals surface area contributed by atoms with Crippen molar-refractivity contribution in [1.82, 2.24) is 14.9 Å². The van der Waals surface area contributed by atoms with Crippen LogP contribution in [0.2, 0.25) is 0 Å². The normalized spacial score (nSPS) is 23.1. The van der Waals surface area contributed by atoms with Gasteiger partial charge in [-0.3, -0.25) is 0 Å². The molecule has 0 bridgehead atoms. The predicted molar refractivity (Wildman–Crippen MR) is 119 cm³/mol. The van der Waals surface area contributed by atoms with Gasteiger partial charge in [-0.1, -0.05) is 6.07 Å². The summed E-state index contributed by atoms with van der Waals surface area (Å²) in [5, 5.41) is 3.87. The first kappa shape index (κ1) is 21.6. The van der Waals surface area contributed by atoms with E-state index >= 15 is 0 Å². The number of amides is 1. The van der Waals surface area contributed by atoms with Crippen LogP contribution in [0.3, 0.4) is 0 Å². The fourth-order valence-electron chi connectivity index (χ4n) is 4.72. The maximum atomic E-state index is 14.6. The molecule has 174 valence electrons. The number of hydrogen-bond acceptors (Lipinski definition) is 4. The van der Waals surface area contributed by atoms with Crippen LogP contribution in [0.4, 0.5) is 23.7 Å². The molecule has 2 N–H and O–H groups in total. The lowest BCUT2D eigenvalue weighted by atomic mass is 9.92. The number of nitrogens with one attached hydrogen (secondary N) is 2. The first-order valence-corrected chi connectivity index (χ1v) is 11.2. The molecule has 1 saturated heterocycles. The molecule has 33 heavy (non-hydrogen) atoms. The van der Waals surface area contributed by atoms with Crippen molar-refractivity contribution in [3.63, 3.8) is 0 Å². The number of benzene rings is 1. The number of fused-ring (bicyclic) bond motifs is 1. The summed E-state index contributed by atoms with van der Waals surface area (Å²) in [6.45, 7) is 0.456. The number of alkyl halides is 1. The summed E-state index contributed by atoms with van der Waals surface area (Å²) >= 11 is 0. The van der Waals surface area contributed by atoms with Crippen molar-refractivity contribution in [2.24, 2.45) is 0 Å². The van der Waals surface area contributed by atoms with Crippen molar-refractivity contribution in [1.29, 1.82) is 0 Å². The van der Waals surface area contributed by atoms with E-state index in [2.05, 4.69) is 15.3 Å². The van der Waals surface area contributed by atoms with Gasteiger partial charge >= 0.3 is 6.09 Å².